The number of hydrogen-bond donors (Lipinski definition) is 2. The van der Waals surface area contributed by atoms with Gasteiger partial charge in [-0.3, -0.25) is 10.00 Å². The molecule has 0 unspecified atom stereocenters. The molecule has 35 heavy (non-hydrogen) atoms. The van der Waals surface area contributed by atoms with Crippen molar-refractivity contribution in [3.63, 3.8) is 0 Å². The molecule has 1 aliphatic heterocycles. The van der Waals surface area contributed by atoms with Gasteiger partial charge in [0.05, 0.1) is 17.4 Å². The quantitative estimate of drug-likeness (QED) is 0.338. The number of anilines is 1. The zero-order valence-corrected chi connectivity index (χ0v) is 20.3. The minimum absolute atomic E-state index is 0.374. The van der Waals surface area contributed by atoms with Crippen LogP contribution in [0.1, 0.15) is 24.1 Å². The fraction of sp³-hybridized carbons (Fsp3) is 0.259. The average molecular weight is 484 g/mol. The SMILES string of the molecule is Cc1nc(NC2CCN(Cc3ccc(Cl)cc3)CC2)nc2ccc(-c3ccnc4[nH]ncc34)cc12. The molecule has 176 valence electrons. The second-order valence-electron chi connectivity index (χ2n) is 9.18. The maximum absolute atomic E-state index is 6.01. The number of halogens is 1. The summed E-state index contributed by atoms with van der Waals surface area (Å²) in [6.07, 6.45) is 5.75. The van der Waals surface area contributed by atoms with Crippen LogP contribution in [0.25, 0.3) is 33.1 Å². The summed E-state index contributed by atoms with van der Waals surface area (Å²) >= 11 is 6.01. The Kier molecular flexibility index (Phi) is 5.80. The van der Waals surface area contributed by atoms with E-state index >= 15 is 0 Å². The third-order valence-electron chi connectivity index (χ3n) is 6.79. The highest BCUT2D eigenvalue weighted by Gasteiger charge is 2.20. The van der Waals surface area contributed by atoms with E-state index in [1.54, 1.807) is 6.20 Å². The van der Waals surface area contributed by atoms with Gasteiger partial charge in [0.2, 0.25) is 5.95 Å². The number of H-pyrrole nitrogens is 1. The van der Waals surface area contributed by atoms with Gasteiger partial charge >= 0.3 is 0 Å². The van der Waals surface area contributed by atoms with Crippen molar-refractivity contribution in [2.45, 2.75) is 32.4 Å². The standard InChI is InChI=1S/C27H26ClN7/c1-17-23-14-19(22-8-11-29-26-24(22)15-30-34-26)4-7-25(23)33-27(31-17)32-21-9-12-35(13-10-21)16-18-2-5-20(28)6-3-18/h2-8,11,14-15,21H,9-10,12-13,16H2,1H3,(H,29,30,34)(H,31,32,33). The van der Waals surface area contributed by atoms with E-state index in [1.165, 1.54) is 5.56 Å². The lowest BCUT2D eigenvalue weighted by atomic mass is 10.0. The van der Waals surface area contributed by atoms with Crippen molar-refractivity contribution in [1.82, 2.24) is 30.0 Å². The molecule has 1 fully saturated rings. The highest BCUT2D eigenvalue weighted by atomic mass is 35.5. The van der Waals surface area contributed by atoms with Gasteiger partial charge in [0, 0.05) is 47.7 Å². The largest absolute Gasteiger partial charge is 0.351 e. The molecule has 0 bridgehead atoms. The zero-order chi connectivity index (χ0) is 23.8. The second-order valence-corrected chi connectivity index (χ2v) is 9.61. The first-order valence-corrected chi connectivity index (χ1v) is 12.3. The highest BCUT2D eigenvalue weighted by molar-refractivity contribution is 6.30. The van der Waals surface area contributed by atoms with E-state index < -0.39 is 0 Å². The number of rotatable bonds is 5. The summed E-state index contributed by atoms with van der Waals surface area (Å²) in [6.45, 7) is 5.10. The molecule has 3 aromatic heterocycles. The Balaban J connectivity index is 1.16. The first kappa shape index (κ1) is 21.9. The first-order valence-electron chi connectivity index (χ1n) is 11.9. The molecular weight excluding hydrogens is 458 g/mol. The average Bonchev–Trinajstić information content (AvgIpc) is 3.36. The van der Waals surface area contributed by atoms with E-state index in [0.29, 0.717) is 12.0 Å². The fourth-order valence-electron chi connectivity index (χ4n) is 4.88. The maximum Gasteiger partial charge on any atom is 0.223 e. The third kappa shape index (κ3) is 4.57. The highest BCUT2D eigenvalue weighted by Crippen LogP contribution is 2.30. The van der Waals surface area contributed by atoms with Crippen LogP contribution in [-0.2, 0) is 6.54 Å². The molecule has 0 saturated carbocycles. The van der Waals surface area contributed by atoms with E-state index in [2.05, 4.69) is 55.7 Å². The molecular formula is C27H26ClN7. The van der Waals surface area contributed by atoms with Gasteiger partial charge in [0.1, 0.15) is 0 Å². The molecule has 1 aliphatic rings. The zero-order valence-electron chi connectivity index (χ0n) is 19.5. The Morgan fingerprint density at radius 3 is 2.69 bits per heavy atom. The van der Waals surface area contributed by atoms with Crippen LogP contribution >= 0.6 is 11.6 Å². The molecule has 0 spiro atoms. The Morgan fingerprint density at radius 1 is 1.03 bits per heavy atom. The Bertz CT molecular complexity index is 1490. The van der Waals surface area contributed by atoms with Gasteiger partial charge < -0.3 is 5.32 Å². The maximum atomic E-state index is 6.01. The lowest BCUT2D eigenvalue weighted by molar-refractivity contribution is 0.211. The number of nitrogens with one attached hydrogen (secondary N) is 2. The van der Waals surface area contributed by atoms with Crippen LogP contribution in [0.4, 0.5) is 5.95 Å². The molecule has 0 aliphatic carbocycles. The molecule has 0 radical (unpaired) electrons. The van der Waals surface area contributed by atoms with E-state index in [9.17, 15) is 0 Å². The molecule has 0 amide bonds. The first-order chi connectivity index (χ1) is 17.1. The third-order valence-corrected chi connectivity index (χ3v) is 7.04. The number of hydrogen-bond acceptors (Lipinski definition) is 6. The molecule has 0 atom stereocenters. The van der Waals surface area contributed by atoms with Crippen molar-refractivity contribution in [1.29, 1.82) is 0 Å². The fourth-order valence-corrected chi connectivity index (χ4v) is 5.01. The predicted molar refractivity (Wildman–Crippen MR) is 141 cm³/mol. The number of likely N-dealkylation sites (tertiary alicyclic amines) is 1. The lowest BCUT2D eigenvalue weighted by Crippen LogP contribution is -2.39. The number of pyridine rings is 1. The molecule has 8 heteroatoms. The molecule has 2 N–H and O–H groups in total. The number of piperidine rings is 1. The molecule has 5 aromatic rings. The second kappa shape index (κ2) is 9.24. The van der Waals surface area contributed by atoms with E-state index in [-0.39, 0.29) is 0 Å². The van der Waals surface area contributed by atoms with Crippen LogP contribution in [0.3, 0.4) is 0 Å². The van der Waals surface area contributed by atoms with Gasteiger partial charge in [-0.25, -0.2) is 15.0 Å². The topological polar surface area (TPSA) is 82.6 Å². The summed E-state index contributed by atoms with van der Waals surface area (Å²) in [6, 6.07) is 16.9. The van der Waals surface area contributed by atoms with E-state index in [0.717, 1.165) is 76.3 Å². The Morgan fingerprint density at radius 2 is 1.86 bits per heavy atom. The van der Waals surface area contributed by atoms with Gasteiger partial charge in [0.15, 0.2) is 5.65 Å². The van der Waals surface area contributed by atoms with E-state index in [4.69, 9.17) is 21.6 Å². The summed E-state index contributed by atoms with van der Waals surface area (Å²) in [4.78, 5) is 16.5. The number of benzene rings is 2. The Hall–Kier alpha value is -3.55. The van der Waals surface area contributed by atoms with Crippen LogP contribution in [-0.4, -0.2) is 49.2 Å². The van der Waals surface area contributed by atoms with Crippen LogP contribution in [0.2, 0.25) is 5.02 Å². The molecule has 4 heterocycles. The Labute approximate surface area is 208 Å². The van der Waals surface area contributed by atoms with E-state index in [1.807, 2.05) is 31.3 Å². The number of nitrogens with zero attached hydrogens (tertiary/aromatic N) is 5. The van der Waals surface area contributed by atoms with Crippen LogP contribution < -0.4 is 5.32 Å². The summed E-state index contributed by atoms with van der Waals surface area (Å²) in [5.74, 6) is 0.708. The summed E-state index contributed by atoms with van der Waals surface area (Å²) < 4.78 is 0. The van der Waals surface area contributed by atoms with Crippen molar-refractivity contribution in [3.05, 3.63) is 77.2 Å². The van der Waals surface area contributed by atoms with Gasteiger partial charge in [-0.15, -0.1) is 0 Å². The van der Waals surface area contributed by atoms with Crippen molar-refractivity contribution in [2.75, 3.05) is 18.4 Å². The number of aromatic amines is 1. The molecule has 1 saturated heterocycles. The summed E-state index contributed by atoms with van der Waals surface area (Å²) in [5, 5.41) is 13.5. The minimum Gasteiger partial charge on any atom is -0.351 e. The normalized spacial score (nSPS) is 15.1. The van der Waals surface area contributed by atoms with Crippen LogP contribution in [0.5, 0.6) is 0 Å². The van der Waals surface area contributed by atoms with Crippen molar-refractivity contribution in [3.8, 4) is 11.1 Å². The van der Waals surface area contributed by atoms with Crippen molar-refractivity contribution in [2.24, 2.45) is 0 Å². The number of aryl methyl sites for hydroxylation is 1. The van der Waals surface area contributed by atoms with Crippen LogP contribution in [0.15, 0.2) is 60.9 Å². The predicted octanol–water partition coefficient (Wildman–Crippen LogP) is 5.61. The molecule has 7 nitrogen and oxygen atoms in total. The summed E-state index contributed by atoms with van der Waals surface area (Å²) in [7, 11) is 0. The van der Waals surface area contributed by atoms with Crippen molar-refractivity contribution < 1.29 is 0 Å². The smallest absolute Gasteiger partial charge is 0.223 e. The van der Waals surface area contributed by atoms with Crippen LogP contribution in [0, 0.1) is 6.92 Å². The number of aromatic nitrogens is 5. The monoisotopic (exact) mass is 483 g/mol. The van der Waals surface area contributed by atoms with Gasteiger partial charge in [-0.05, 0) is 66.8 Å². The number of fused-ring (bicyclic) bond motifs is 2. The van der Waals surface area contributed by atoms with Crippen molar-refractivity contribution >= 4 is 39.5 Å². The molecule has 6 rings (SSSR count). The van der Waals surface area contributed by atoms with Gasteiger partial charge in [-0.2, -0.15) is 5.10 Å². The lowest BCUT2D eigenvalue weighted by Gasteiger charge is -2.32. The molecule has 2 aromatic carbocycles. The summed E-state index contributed by atoms with van der Waals surface area (Å²) in [5.41, 5.74) is 6.20. The van der Waals surface area contributed by atoms with Gasteiger partial charge in [-0.1, -0.05) is 29.8 Å². The minimum atomic E-state index is 0.374. The van der Waals surface area contributed by atoms with Gasteiger partial charge in [0.25, 0.3) is 0 Å².